The minimum Gasteiger partial charge on any atom is -0.369 e. The zero-order chi connectivity index (χ0) is 18.3. The molecule has 4 rings (SSSR count). The van der Waals surface area contributed by atoms with E-state index in [1.807, 2.05) is 17.2 Å². The lowest BCUT2D eigenvalue weighted by atomic mass is 9.98. The second-order valence-electron chi connectivity index (χ2n) is 6.40. The standard InChI is InChI=1S/C17H18N6O2S/c1-10-9-26-17-20-7-12(15(25)23(10)17)13-4-5-19-16(21-13)22-6-2-3-11(8-22)14(18)24/h4-5,7,9,11H,2-3,6,8H2,1H3,(H2,18,24)/t11-/m0/s1. The van der Waals surface area contributed by atoms with Crippen LogP contribution in [0, 0.1) is 12.8 Å². The van der Waals surface area contributed by atoms with Gasteiger partial charge >= 0.3 is 0 Å². The molecule has 8 nitrogen and oxygen atoms in total. The van der Waals surface area contributed by atoms with Crippen LogP contribution in [0.15, 0.2) is 28.6 Å². The van der Waals surface area contributed by atoms with Gasteiger partial charge in [0.05, 0.1) is 17.2 Å². The number of aromatic nitrogens is 4. The van der Waals surface area contributed by atoms with Crippen molar-refractivity contribution in [1.82, 2.24) is 19.4 Å². The molecule has 0 aromatic carbocycles. The van der Waals surface area contributed by atoms with E-state index in [1.165, 1.54) is 11.3 Å². The molecule has 0 aliphatic carbocycles. The van der Waals surface area contributed by atoms with Gasteiger partial charge in [0.15, 0.2) is 4.96 Å². The number of carbonyl (C=O) groups excluding carboxylic acids is 1. The second kappa shape index (κ2) is 6.49. The number of carbonyl (C=O) groups is 1. The van der Waals surface area contributed by atoms with E-state index in [-0.39, 0.29) is 17.4 Å². The summed E-state index contributed by atoms with van der Waals surface area (Å²) < 4.78 is 1.59. The molecule has 26 heavy (non-hydrogen) atoms. The number of nitrogens with zero attached hydrogens (tertiary/aromatic N) is 5. The Morgan fingerprint density at radius 1 is 1.38 bits per heavy atom. The first-order valence-electron chi connectivity index (χ1n) is 8.38. The summed E-state index contributed by atoms with van der Waals surface area (Å²) in [6.07, 6.45) is 4.82. The van der Waals surface area contributed by atoms with Gasteiger partial charge in [-0.25, -0.2) is 15.0 Å². The fourth-order valence-corrected chi connectivity index (χ4v) is 4.07. The fourth-order valence-electron chi connectivity index (χ4n) is 3.24. The number of nitrogens with two attached hydrogens (primary N) is 1. The lowest BCUT2D eigenvalue weighted by molar-refractivity contribution is -0.122. The van der Waals surface area contributed by atoms with Gasteiger partial charge in [0.1, 0.15) is 0 Å². The van der Waals surface area contributed by atoms with Gasteiger partial charge in [0.2, 0.25) is 11.9 Å². The van der Waals surface area contributed by atoms with Crippen molar-refractivity contribution in [3.8, 4) is 11.3 Å². The van der Waals surface area contributed by atoms with Crippen LogP contribution < -0.4 is 16.2 Å². The van der Waals surface area contributed by atoms with E-state index >= 15 is 0 Å². The van der Waals surface area contributed by atoms with Gasteiger partial charge in [-0.2, -0.15) is 0 Å². The van der Waals surface area contributed by atoms with Crippen LogP contribution in [0.1, 0.15) is 18.5 Å². The number of primary amides is 1. The molecule has 1 aliphatic rings. The van der Waals surface area contributed by atoms with Gasteiger partial charge in [-0.1, -0.05) is 0 Å². The number of anilines is 1. The van der Waals surface area contributed by atoms with Crippen molar-refractivity contribution in [2.24, 2.45) is 11.7 Å². The minimum absolute atomic E-state index is 0.146. The third-order valence-electron chi connectivity index (χ3n) is 4.64. The average Bonchev–Trinajstić information content (AvgIpc) is 3.04. The largest absolute Gasteiger partial charge is 0.369 e. The molecule has 1 aliphatic heterocycles. The monoisotopic (exact) mass is 370 g/mol. The normalized spacial score (nSPS) is 17.6. The highest BCUT2D eigenvalue weighted by Gasteiger charge is 2.25. The van der Waals surface area contributed by atoms with Crippen LogP contribution >= 0.6 is 11.3 Å². The van der Waals surface area contributed by atoms with Gasteiger partial charge in [0, 0.05) is 36.6 Å². The maximum Gasteiger partial charge on any atom is 0.268 e. The van der Waals surface area contributed by atoms with Gasteiger partial charge in [-0.15, -0.1) is 11.3 Å². The minimum atomic E-state index is -0.299. The summed E-state index contributed by atoms with van der Waals surface area (Å²) in [6, 6.07) is 1.70. The second-order valence-corrected chi connectivity index (χ2v) is 7.24. The van der Waals surface area contributed by atoms with E-state index in [4.69, 9.17) is 5.73 Å². The Hall–Kier alpha value is -2.81. The van der Waals surface area contributed by atoms with E-state index in [0.29, 0.717) is 28.7 Å². The van der Waals surface area contributed by atoms with Crippen molar-refractivity contribution in [3.05, 3.63) is 39.9 Å². The molecule has 0 bridgehead atoms. The number of aryl methyl sites for hydroxylation is 1. The molecule has 1 amide bonds. The maximum absolute atomic E-state index is 12.8. The van der Waals surface area contributed by atoms with Crippen LogP contribution in [0.3, 0.4) is 0 Å². The molecule has 3 aromatic heterocycles. The molecule has 0 saturated carbocycles. The van der Waals surface area contributed by atoms with Gasteiger partial charge in [0.25, 0.3) is 5.56 Å². The van der Waals surface area contributed by atoms with Gasteiger partial charge < -0.3 is 10.6 Å². The topological polar surface area (TPSA) is 106 Å². The summed E-state index contributed by atoms with van der Waals surface area (Å²) in [4.78, 5) is 40.2. The molecular weight excluding hydrogens is 352 g/mol. The molecule has 134 valence electrons. The van der Waals surface area contributed by atoms with Crippen LogP contribution in [0.5, 0.6) is 0 Å². The third-order valence-corrected chi connectivity index (χ3v) is 5.60. The summed E-state index contributed by atoms with van der Waals surface area (Å²) in [7, 11) is 0. The first-order chi connectivity index (χ1) is 12.5. The molecule has 0 spiro atoms. The number of amides is 1. The fraction of sp³-hybridized carbons (Fsp3) is 0.353. The summed E-state index contributed by atoms with van der Waals surface area (Å²) in [5, 5.41) is 1.90. The summed E-state index contributed by atoms with van der Waals surface area (Å²) in [5.41, 5.74) is 7.10. The lowest BCUT2D eigenvalue weighted by Gasteiger charge is -2.31. The number of piperidine rings is 1. The van der Waals surface area contributed by atoms with Gasteiger partial charge in [-0.3, -0.25) is 14.0 Å². The highest BCUT2D eigenvalue weighted by Crippen LogP contribution is 2.22. The van der Waals surface area contributed by atoms with Crippen molar-refractivity contribution in [1.29, 1.82) is 0 Å². The van der Waals surface area contributed by atoms with Crippen molar-refractivity contribution >= 4 is 28.2 Å². The molecule has 0 radical (unpaired) electrons. The number of thiazole rings is 1. The number of hydrogen-bond donors (Lipinski definition) is 1. The Bertz CT molecular complexity index is 1040. The predicted molar refractivity (Wildman–Crippen MR) is 99.2 cm³/mol. The van der Waals surface area contributed by atoms with Crippen molar-refractivity contribution in [3.63, 3.8) is 0 Å². The first-order valence-corrected chi connectivity index (χ1v) is 9.26. The quantitative estimate of drug-likeness (QED) is 0.743. The Morgan fingerprint density at radius 3 is 3.04 bits per heavy atom. The molecule has 3 aromatic rings. The van der Waals surface area contributed by atoms with E-state index in [0.717, 1.165) is 25.1 Å². The van der Waals surface area contributed by atoms with E-state index in [9.17, 15) is 9.59 Å². The SMILES string of the molecule is Cc1csc2ncc(-c3ccnc(N4CCC[C@H](C(N)=O)C4)n3)c(=O)n12. The zero-order valence-electron chi connectivity index (χ0n) is 14.3. The number of rotatable bonds is 3. The van der Waals surface area contributed by atoms with Crippen molar-refractivity contribution in [2.75, 3.05) is 18.0 Å². The first kappa shape index (κ1) is 16.6. The molecule has 9 heteroatoms. The molecule has 4 heterocycles. The van der Waals surface area contributed by atoms with E-state index in [2.05, 4.69) is 15.0 Å². The molecule has 1 saturated heterocycles. The molecular formula is C17H18N6O2S. The van der Waals surface area contributed by atoms with Crippen LogP contribution in [-0.4, -0.2) is 38.3 Å². The summed E-state index contributed by atoms with van der Waals surface area (Å²) >= 11 is 1.43. The molecule has 1 fully saturated rings. The Labute approximate surface area is 153 Å². The third kappa shape index (κ3) is 2.84. The number of fused-ring (bicyclic) bond motifs is 1. The van der Waals surface area contributed by atoms with Crippen LogP contribution in [-0.2, 0) is 4.79 Å². The predicted octanol–water partition coefficient (Wildman–Crippen LogP) is 1.22. The van der Waals surface area contributed by atoms with Crippen LogP contribution in [0.25, 0.3) is 16.2 Å². The maximum atomic E-state index is 12.8. The smallest absolute Gasteiger partial charge is 0.268 e. The zero-order valence-corrected chi connectivity index (χ0v) is 15.1. The van der Waals surface area contributed by atoms with Crippen molar-refractivity contribution < 1.29 is 4.79 Å². The highest BCUT2D eigenvalue weighted by atomic mass is 32.1. The lowest BCUT2D eigenvalue weighted by Crippen LogP contribution is -2.41. The van der Waals surface area contributed by atoms with Crippen LogP contribution in [0.4, 0.5) is 5.95 Å². The average molecular weight is 370 g/mol. The molecule has 2 N–H and O–H groups in total. The van der Waals surface area contributed by atoms with E-state index in [1.54, 1.807) is 22.9 Å². The Morgan fingerprint density at radius 2 is 2.23 bits per heavy atom. The van der Waals surface area contributed by atoms with Gasteiger partial charge in [-0.05, 0) is 25.8 Å². The molecule has 0 unspecified atom stereocenters. The van der Waals surface area contributed by atoms with Crippen molar-refractivity contribution in [2.45, 2.75) is 19.8 Å². The Balaban J connectivity index is 1.72. The summed E-state index contributed by atoms with van der Waals surface area (Å²) in [5.74, 6) is -0.000208. The summed E-state index contributed by atoms with van der Waals surface area (Å²) in [6.45, 7) is 3.13. The number of hydrogen-bond acceptors (Lipinski definition) is 7. The highest BCUT2D eigenvalue weighted by molar-refractivity contribution is 7.15. The van der Waals surface area contributed by atoms with Crippen LogP contribution in [0.2, 0.25) is 0 Å². The van der Waals surface area contributed by atoms with E-state index < -0.39 is 0 Å². The Kier molecular flexibility index (Phi) is 4.15. The molecule has 1 atom stereocenters.